The van der Waals surface area contributed by atoms with Crippen molar-refractivity contribution >= 4 is 16.7 Å². The Morgan fingerprint density at radius 2 is 1.55 bits per heavy atom. The van der Waals surface area contributed by atoms with Crippen LogP contribution in [-0.2, 0) is 6.54 Å². The van der Waals surface area contributed by atoms with Crippen LogP contribution in [0.4, 0.5) is 5.69 Å². The summed E-state index contributed by atoms with van der Waals surface area (Å²) in [6.45, 7) is 5.07. The van der Waals surface area contributed by atoms with Crippen LogP contribution in [-0.4, -0.2) is 9.97 Å². The molecule has 1 heterocycles. The van der Waals surface area contributed by atoms with E-state index in [2.05, 4.69) is 47.3 Å². The van der Waals surface area contributed by atoms with Gasteiger partial charge >= 0.3 is 0 Å². The Labute approximate surface area is 118 Å². The third-order valence-electron chi connectivity index (χ3n) is 3.25. The van der Waals surface area contributed by atoms with E-state index in [-0.39, 0.29) is 0 Å². The van der Waals surface area contributed by atoms with Crippen LogP contribution >= 0.6 is 0 Å². The molecule has 0 aliphatic rings. The highest BCUT2D eigenvalue weighted by Crippen LogP contribution is 2.16. The molecule has 0 unspecified atom stereocenters. The van der Waals surface area contributed by atoms with Gasteiger partial charge in [-0.15, -0.1) is 0 Å². The second-order valence-electron chi connectivity index (χ2n) is 5.11. The lowest BCUT2D eigenvalue weighted by molar-refractivity contribution is 1.13. The standard InChI is InChI=1S/C17H17N3/c1-12-7-13(2)9-14(8-12)11-20-15-3-4-16-17(10-15)19-6-5-18-16/h3-10,20H,11H2,1-2H3. The molecule has 3 rings (SSSR count). The Hall–Kier alpha value is -2.42. The Kier molecular flexibility index (Phi) is 3.33. The number of aryl methyl sites for hydroxylation is 2. The summed E-state index contributed by atoms with van der Waals surface area (Å²) in [6.07, 6.45) is 3.43. The van der Waals surface area contributed by atoms with Gasteiger partial charge in [-0.25, -0.2) is 0 Å². The monoisotopic (exact) mass is 263 g/mol. The fourth-order valence-corrected chi connectivity index (χ4v) is 2.45. The summed E-state index contributed by atoms with van der Waals surface area (Å²) in [6, 6.07) is 12.7. The maximum atomic E-state index is 4.32. The normalized spacial score (nSPS) is 10.7. The molecule has 0 spiro atoms. The van der Waals surface area contributed by atoms with Crippen LogP contribution in [0.15, 0.2) is 48.8 Å². The van der Waals surface area contributed by atoms with Crippen LogP contribution in [0.1, 0.15) is 16.7 Å². The number of anilines is 1. The quantitative estimate of drug-likeness (QED) is 0.779. The average Bonchev–Trinajstić information content (AvgIpc) is 2.44. The van der Waals surface area contributed by atoms with Crippen molar-refractivity contribution in [3.05, 3.63) is 65.5 Å². The van der Waals surface area contributed by atoms with E-state index >= 15 is 0 Å². The minimum absolute atomic E-state index is 0.814. The van der Waals surface area contributed by atoms with Gasteiger partial charge in [0.2, 0.25) is 0 Å². The van der Waals surface area contributed by atoms with Crippen molar-refractivity contribution < 1.29 is 0 Å². The molecular formula is C17H17N3. The first-order valence-electron chi connectivity index (χ1n) is 6.72. The molecule has 2 aromatic carbocycles. The van der Waals surface area contributed by atoms with Gasteiger partial charge < -0.3 is 5.32 Å². The van der Waals surface area contributed by atoms with Gasteiger partial charge in [0.15, 0.2) is 0 Å². The van der Waals surface area contributed by atoms with Crippen LogP contribution < -0.4 is 5.32 Å². The summed E-state index contributed by atoms with van der Waals surface area (Å²) in [4.78, 5) is 8.60. The van der Waals surface area contributed by atoms with E-state index in [4.69, 9.17) is 0 Å². The highest BCUT2D eigenvalue weighted by atomic mass is 14.9. The molecule has 100 valence electrons. The predicted molar refractivity (Wildman–Crippen MR) is 82.8 cm³/mol. The Bertz CT molecular complexity index is 730. The molecule has 0 radical (unpaired) electrons. The molecule has 0 atom stereocenters. The van der Waals surface area contributed by atoms with Crippen molar-refractivity contribution in [2.75, 3.05) is 5.32 Å². The molecule has 1 N–H and O–H groups in total. The molecule has 0 aliphatic heterocycles. The van der Waals surface area contributed by atoms with Gasteiger partial charge in [0.25, 0.3) is 0 Å². The summed E-state index contributed by atoms with van der Waals surface area (Å²) < 4.78 is 0. The zero-order valence-corrected chi connectivity index (χ0v) is 11.7. The zero-order chi connectivity index (χ0) is 13.9. The summed E-state index contributed by atoms with van der Waals surface area (Å²) in [5.74, 6) is 0. The van der Waals surface area contributed by atoms with Gasteiger partial charge in [0.05, 0.1) is 11.0 Å². The first kappa shape index (κ1) is 12.6. The Morgan fingerprint density at radius 1 is 0.850 bits per heavy atom. The Morgan fingerprint density at radius 3 is 2.30 bits per heavy atom. The molecule has 1 aromatic heterocycles. The van der Waals surface area contributed by atoms with Gasteiger partial charge in [-0.3, -0.25) is 9.97 Å². The molecule has 0 amide bonds. The fraction of sp³-hybridized carbons (Fsp3) is 0.176. The number of rotatable bonds is 3. The lowest BCUT2D eigenvalue weighted by atomic mass is 10.1. The second-order valence-corrected chi connectivity index (χ2v) is 5.11. The van der Waals surface area contributed by atoms with Gasteiger partial charge in [-0.1, -0.05) is 29.3 Å². The first-order chi connectivity index (χ1) is 9.70. The van der Waals surface area contributed by atoms with Crippen LogP contribution in [0.5, 0.6) is 0 Å². The smallest absolute Gasteiger partial charge is 0.0907 e. The molecule has 0 aliphatic carbocycles. The molecule has 0 saturated heterocycles. The highest BCUT2D eigenvalue weighted by molar-refractivity contribution is 5.78. The lowest BCUT2D eigenvalue weighted by Gasteiger charge is -2.09. The maximum Gasteiger partial charge on any atom is 0.0907 e. The summed E-state index contributed by atoms with van der Waals surface area (Å²) in [5.41, 5.74) is 6.79. The van der Waals surface area contributed by atoms with Crippen molar-refractivity contribution in [3.63, 3.8) is 0 Å². The molecule has 3 nitrogen and oxygen atoms in total. The largest absolute Gasteiger partial charge is 0.381 e. The summed E-state index contributed by atoms with van der Waals surface area (Å²) >= 11 is 0. The minimum Gasteiger partial charge on any atom is -0.381 e. The van der Waals surface area contributed by atoms with Crippen LogP contribution in [0, 0.1) is 13.8 Å². The molecule has 3 heteroatoms. The molecule has 3 aromatic rings. The minimum atomic E-state index is 0.814. The first-order valence-corrected chi connectivity index (χ1v) is 6.72. The summed E-state index contributed by atoms with van der Waals surface area (Å²) in [5, 5.41) is 3.44. The van der Waals surface area contributed by atoms with E-state index in [0.29, 0.717) is 0 Å². The van der Waals surface area contributed by atoms with Crippen molar-refractivity contribution in [3.8, 4) is 0 Å². The SMILES string of the molecule is Cc1cc(C)cc(CNc2ccc3nccnc3c2)c1. The van der Waals surface area contributed by atoms with Crippen LogP contribution in [0.25, 0.3) is 11.0 Å². The topological polar surface area (TPSA) is 37.8 Å². The van der Waals surface area contributed by atoms with Crippen LogP contribution in [0.2, 0.25) is 0 Å². The van der Waals surface area contributed by atoms with Gasteiger partial charge in [0.1, 0.15) is 0 Å². The number of benzene rings is 2. The van der Waals surface area contributed by atoms with E-state index in [1.165, 1.54) is 16.7 Å². The van der Waals surface area contributed by atoms with E-state index in [1.807, 2.05) is 18.2 Å². The van der Waals surface area contributed by atoms with Crippen molar-refractivity contribution in [1.29, 1.82) is 0 Å². The van der Waals surface area contributed by atoms with E-state index in [1.54, 1.807) is 12.4 Å². The average molecular weight is 263 g/mol. The van der Waals surface area contributed by atoms with E-state index in [0.717, 1.165) is 23.3 Å². The van der Waals surface area contributed by atoms with Crippen molar-refractivity contribution in [2.24, 2.45) is 0 Å². The maximum absolute atomic E-state index is 4.32. The third-order valence-corrected chi connectivity index (χ3v) is 3.25. The molecule has 20 heavy (non-hydrogen) atoms. The number of nitrogens with one attached hydrogen (secondary N) is 1. The number of hydrogen-bond acceptors (Lipinski definition) is 3. The third kappa shape index (κ3) is 2.77. The van der Waals surface area contributed by atoms with Crippen molar-refractivity contribution in [1.82, 2.24) is 9.97 Å². The van der Waals surface area contributed by atoms with Gasteiger partial charge in [-0.05, 0) is 37.6 Å². The highest BCUT2D eigenvalue weighted by Gasteiger charge is 1.99. The van der Waals surface area contributed by atoms with Gasteiger partial charge in [-0.2, -0.15) is 0 Å². The van der Waals surface area contributed by atoms with E-state index in [9.17, 15) is 0 Å². The number of hydrogen-bond donors (Lipinski definition) is 1. The second kappa shape index (κ2) is 5.29. The molecule has 0 saturated carbocycles. The molecule has 0 bridgehead atoms. The number of fused-ring (bicyclic) bond motifs is 1. The lowest BCUT2D eigenvalue weighted by Crippen LogP contribution is -2.00. The number of nitrogens with zero attached hydrogens (tertiary/aromatic N) is 2. The van der Waals surface area contributed by atoms with E-state index < -0.39 is 0 Å². The zero-order valence-electron chi connectivity index (χ0n) is 11.7. The molecular weight excluding hydrogens is 246 g/mol. The molecule has 0 fully saturated rings. The van der Waals surface area contributed by atoms with Crippen molar-refractivity contribution in [2.45, 2.75) is 20.4 Å². The number of aromatic nitrogens is 2. The van der Waals surface area contributed by atoms with Gasteiger partial charge in [0, 0.05) is 24.6 Å². The fourth-order valence-electron chi connectivity index (χ4n) is 2.45. The Balaban J connectivity index is 1.79. The predicted octanol–water partition coefficient (Wildman–Crippen LogP) is 3.86. The summed E-state index contributed by atoms with van der Waals surface area (Å²) in [7, 11) is 0. The van der Waals surface area contributed by atoms with Crippen LogP contribution in [0.3, 0.4) is 0 Å².